The lowest BCUT2D eigenvalue weighted by Gasteiger charge is -2.24. The molecule has 0 aromatic heterocycles. The molecule has 0 heterocycles. The molecule has 0 saturated heterocycles. The molecule has 0 aromatic carbocycles. The summed E-state index contributed by atoms with van der Waals surface area (Å²) in [5.74, 6) is 6.72. The first-order valence-electron chi connectivity index (χ1n) is 11.1. The van der Waals surface area contributed by atoms with Crippen molar-refractivity contribution in [3.05, 3.63) is 0 Å². The van der Waals surface area contributed by atoms with Gasteiger partial charge in [-0.2, -0.15) is 0 Å². The highest BCUT2D eigenvalue weighted by atomic mass is 16.5. The van der Waals surface area contributed by atoms with Gasteiger partial charge >= 0.3 is 5.97 Å². The van der Waals surface area contributed by atoms with E-state index in [1.807, 2.05) is 6.92 Å². The van der Waals surface area contributed by atoms with Gasteiger partial charge in [0.25, 0.3) is 0 Å². The first kappa shape index (κ1) is 24.7. The van der Waals surface area contributed by atoms with Gasteiger partial charge in [-0.1, -0.05) is 39.5 Å². The van der Waals surface area contributed by atoms with E-state index >= 15 is 0 Å². The zero-order chi connectivity index (χ0) is 21.0. The van der Waals surface area contributed by atoms with Crippen LogP contribution in [0.5, 0.6) is 0 Å². The zero-order valence-corrected chi connectivity index (χ0v) is 18.4. The van der Waals surface area contributed by atoms with Gasteiger partial charge in [0.15, 0.2) is 0 Å². The fourth-order valence-corrected chi connectivity index (χ4v) is 4.14. The molecule has 0 bridgehead atoms. The van der Waals surface area contributed by atoms with E-state index < -0.39 is 6.10 Å². The Labute approximate surface area is 171 Å². The van der Waals surface area contributed by atoms with Crippen molar-refractivity contribution in [2.24, 2.45) is 17.3 Å². The SMILES string of the molecule is CCCC#CC(O)CC[C@H]1CCC(=O)[C@@H]1CCCCC(C)(C)CC(=O)OCC. The highest BCUT2D eigenvalue weighted by Gasteiger charge is 2.34. The maximum absolute atomic E-state index is 12.3. The van der Waals surface area contributed by atoms with Crippen LogP contribution in [-0.4, -0.2) is 29.6 Å². The normalized spacial score (nSPS) is 20.5. The molecule has 0 radical (unpaired) electrons. The highest BCUT2D eigenvalue weighted by molar-refractivity contribution is 5.83. The van der Waals surface area contributed by atoms with Gasteiger partial charge in [0, 0.05) is 18.8 Å². The van der Waals surface area contributed by atoms with Gasteiger partial charge in [-0.05, 0) is 56.8 Å². The molecule has 0 aromatic rings. The predicted octanol–water partition coefficient (Wildman–Crippen LogP) is 5.07. The molecule has 4 heteroatoms. The summed E-state index contributed by atoms with van der Waals surface area (Å²) < 4.78 is 5.06. The second kappa shape index (κ2) is 13.0. The molecule has 160 valence electrons. The number of rotatable bonds is 12. The molecule has 0 spiro atoms. The van der Waals surface area contributed by atoms with Gasteiger partial charge in [-0.15, -0.1) is 5.92 Å². The quantitative estimate of drug-likeness (QED) is 0.286. The molecule has 0 aliphatic heterocycles. The number of carbonyl (C=O) groups excluding carboxylic acids is 2. The molecule has 0 amide bonds. The third-order valence-electron chi connectivity index (χ3n) is 5.75. The second-order valence-corrected chi connectivity index (χ2v) is 8.93. The maximum Gasteiger partial charge on any atom is 0.306 e. The van der Waals surface area contributed by atoms with Crippen LogP contribution in [0.15, 0.2) is 0 Å². The minimum Gasteiger partial charge on any atom is -0.466 e. The molecule has 1 rings (SSSR count). The molecule has 1 unspecified atom stereocenters. The molecule has 3 atom stereocenters. The first-order valence-corrected chi connectivity index (χ1v) is 11.1. The number of hydrogen-bond acceptors (Lipinski definition) is 4. The van der Waals surface area contributed by atoms with Crippen molar-refractivity contribution < 1.29 is 19.4 Å². The van der Waals surface area contributed by atoms with E-state index in [9.17, 15) is 14.7 Å². The lowest BCUT2D eigenvalue weighted by atomic mass is 9.82. The van der Waals surface area contributed by atoms with Crippen LogP contribution < -0.4 is 0 Å². The summed E-state index contributed by atoms with van der Waals surface area (Å²) in [7, 11) is 0. The molecule has 1 N–H and O–H groups in total. The Morgan fingerprint density at radius 2 is 2.04 bits per heavy atom. The van der Waals surface area contributed by atoms with E-state index in [4.69, 9.17) is 4.74 Å². The fourth-order valence-electron chi connectivity index (χ4n) is 4.14. The highest BCUT2D eigenvalue weighted by Crippen LogP contribution is 2.37. The van der Waals surface area contributed by atoms with Crippen LogP contribution >= 0.6 is 0 Å². The largest absolute Gasteiger partial charge is 0.466 e. The third-order valence-corrected chi connectivity index (χ3v) is 5.75. The van der Waals surface area contributed by atoms with Crippen molar-refractivity contribution in [2.45, 2.75) is 104 Å². The van der Waals surface area contributed by atoms with Gasteiger partial charge in [-0.25, -0.2) is 0 Å². The number of hydrogen-bond donors (Lipinski definition) is 1. The summed E-state index contributed by atoms with van der Waals surface area (Å²) in [6.45, 7) is 8.55. The van der Waals surface area contributed by atoms with E-state index in [-0.39, 0.29) is 17.3 Å². The van der Waals surface area contributed by atoms with E-state index in [1.54, 1.807) is 0 Å². The molecular formula is C24H40O4. The average Bonchev–Trinajstić information content (AvgIpc) is 2.97. The van der Waals surface area contributed by atoms with Crippen molar-refractivity contribution in [3.63, 3.8) is 0 Å². The van der Waals surface area contributed by atoms with E-state index in [2.05, 4.69) is 32.6 Å². The number of ketones is 1. The summed E-state index contributed by atoms with van der Waals surface area (Å²) in [4.78, 5) is 24.0. The Morgan fingerprint density at radius 3 is 2.71 bits per heavy atom. The Bertz CT molecular complexity index is 541. The van der Waals surface area contributed by atoms with Crippen LogP contribution in [0.3, 0.4) is 0 Å². The number of aliphatic hydroxyl groups is 1. The standard InChI is InChI=1S/C24H40O4/c1-5-7-8-11-20(25)15-13-19-14-16-22(26)21(19)12-9-10-17-24(3,4)18-23(27)28-6-2/h19-21,25H,5-7,9-10,12-18H2,1-4H3/t19-,20?,21+/m0/s1. The van der Waals surface area contributed by atoms with Gasteiger partial charge in [0.05, 0.1) is 13.0 Å². The van der Waals surface area contributed by atoms with Crippen LogP contribution in [-0.2, 0) is 14.3 Å². The average molecular weight is 393 g/mol. The predicted molar refractivity (Wildman–Crippen MR) is 113 cm³/mol. The third kappa shape index (κ3) is 9.73. The summed E-state index contributed by atoms with van der Waals surface area (Å²) in [5, 5.41) is 10.0. The van der Waals surface area contributed by atoms with Gasteiger partial charge in [0.2, 0.25) is 0 Å². The van der Waals surface area contributed by atoms with Gasteiger partial charge in [-0.3, -0.25) is 9.59 Å². The fraction of sp³-hybridized carbons (Fsp3) is 0.833. The lowest BCUT2D eigenvalue weighted by Crippen LogP contribution is -2.20. The minimum atomic E-state index is -0.563. The summed E-state index contributed by atoms with van der Waals surface area (Å²) in [5.41, 5.74) is -0.0629. The lowest BCUT2D eigenvalue weighted by molar-refractivity contribution is -0.145. The Morgan fingerprint density at radius 1 is 1.29 bits per heavy atom. The van der Waals surface area contributed by atoms with Gasteiger partial charge in [0.1, 0.15) is 11.9 Å². The Balaban J connectivity index is 2.35. The summed E-state index contributed by atoms with van der Waals surface area (Å²) in [6, 6.07) is 0. The maximum atomic E-state index is 12.3. The van der Waals surface area contributed by atoms with E-state index in [0.717, 1.165) is 51.4 Å². The van der Waals surface area contributed by atoms with Crippen molar-refractivity contribution in [3.8, 4) is 11.8 Å². The van der Waals surface area contributed by atoms with Crippen LogP contribution in [0.4, 0.5) is 0 Å². The molecule has 1 fully saturated rings. The molecule has 1 saturated carbocycles. The Hall–Kier alpha value is -1.34. The number of unbranched alkanes of at least 4 members (excludes halogenated alkanes) is 2. The number of ether oxygens (including phenoxy) is 1. The molecule has 1 aliphatic rings. The molecule has 28 heavy (non-hydrogen) atoms. The number of carbonyl (C=O) groups is 2. The first-order chi connectivity index (χ1) is 13.3. The number of esters is 1. The monoisotopic (exact) mass is 392 g/mol. The van der Waals surface area contributed by atoms with Crippen LogP contribution in [0.1, 0.15) is 98.3 Å². The van der Waals surface area contributed by atoms with Crippen LogP contribution in [0, 0.1) is 29.1 Å². The summed E-state index contributed by atoms with van der Waals surface area (Å²) in [6.07, 6.45) is 8.82. The van der Waals surface area contributed by atoms with Crippen molar-refractivity contribution in [2.75, 3.05) is 6.61 Å². The minimum absolute atomic E-state index is 0.0629. The van der Waals surface area contributed by atoms with Crippen molar-refractivity contribution in [1.29, 1.82) is 0 Å². The summed E-state index contributed by atoms with van der Waals surface area (Å²) >= 11 is 0. The smallest absolute Gasteiger partial charge is 0.306 e. The topological polar surface area (TPSA) is 63.6 Å². The van der Waals surface area contributed by atoms with Crippen molar-refractivity contribution in [1.82, 2.24) is 0 Å². The van der Waals surface area contributed by atoms with Crippen LogP contribution in [0.2, 0.25) is 0 Å². The Kier molecular flexibility index (Phi) is 11.5. The zero-order valence-electron chi connectivity index (χ0n) is 18.4. The van der Waals surface area contributed by atoms with E-state index in [0.29, 0.717) is 37.6 Å². The molecule has 4 nitrogen and oxygen atoms in total. The number of Topliss-reactive ketones (excluding diaryl/α,β-unsaturated/α-hetero) is 1. The van der Waals surface area contributed by atoms with Crippen LogP contribution in [0.25, 0.3) is 0 Å². The van der Waals surface area contributed by atoms with E-state index in [1.165, 1.54) is 0 Å². The number of aliphatic hydroxyl groups excluding tert-OH is 1. The second-order valence-electron chi connectivity index (χ2n) is 8.93. The molecular weight excluding hydrogens is 352 g/mol. The van der Waals surface area contributed by atoms with Crippen molar-refractivity contribution >= 4 is 11.8 Å². The molecule has 1 aliphatic carbocycles. The van der Waals surface area contributed by atoms with Gasteiger partial charge < -0.3 is 9.84 Å².